The lowest BCUT2D eigenvalue weighted by molar-refractivity contribution is -0.126. The van der Waals surface area contributed by atoms with Crippen molar-refractivity contribution >= 4 is 60.8 Å². The summed E-state index contributed by atoms with van der Waals surface area (Å²) in [7, 11) is 1.81. The minimum atomic E-state index is -0.0559. The maximum absolute atomic E-state index is 12.4. The summed E-state index contributed by atoms with van der Waals surface area (Å²) in [5.41, 5.74) is 0.985. The number of likely N-dealkylation sites (N-methyl/N-ethyl adjacent to an activating group) is 1. The van der Waals surface area contributed by atoms with Gasteiger partial charge in [0.05, 0.1) is 20.0 Å². The average molecular weight is 407 g/mol. The number of para-hydroxylation sites is 1. The highest BCUT2D eigenvalue weighted by molar-refractivity contribution is 9.11. The summed E-state index contributed by atoms with van der Waals surface area (Å²) in [5.74, 6) is -0.0266. The van der Waals surface area contributed by atoms with Gasteiger partial charge in [-0.05, 0) is 53.2 Å². The number of halogens is 1. The van der Waals surface area contributed by atoms with Crippen LogP contribution in [-0.4, -0.2) is 22.8 Å². The van der Waals surface area contributed by atoms with Crippen molar-refractivity contribution in [2.45, 2.75) is 13.0 Å². The van der Waals surface area contributed by atoms with Crippen molar-refractivity contribution in [2.75, 3.05) is 7.05 Å². The van der Waals surface area contributed by atoms with Gasteiger partial charge < -0.3 is 4.90 Å². The van der Waals surface area contributed by atoms with Crippen LogP contribution in [0.5, 0.6) is 0 Å². The number of nitrogens with zero attached hydrogens (tertiary/aromatic N) is 2. The second-order valence-electron chi connectivity index (χ2n) is 5.12. The molecule has 2 heterocycles. The molecular formula is C17H15BrN2OS2. The molecule has 1 amide bonds. The molecule has 23 heavy (non-hydrogen) atoms. The number of amides is 1. The van der Waals surface area contributed by atoms with E-state index in [0.717, 1.165) is 23.9 Å². The maximum Gasteiger partial charge on any atom is 0.246 e. The molecule has 2 aromatic heterocycles. The van der Waals surface area contributed by atoms with Gasteiger partial charge in [-0.1, -0.05) is 12.1 Å². The molecule has 1 atom stereocenters. The summed E-state index contributed by atoms with van der Waals surface area (Å²) in [5, 5.41) is 0.953. The van der Waals surface area contributed by atoms with Gasteiger partial charge in [0.15, 0.2) is 0 Å². The highest BCUT2D eigenvalue weighted by Gasteiger charge is 2.19. The topological polar surface area (TPSA) is 33.2 Å². The lowest BCUT2D eigenvalue weighted by Gasteiger charge is -2.21. The number of aromatic nitrogens is 1. The molecular weight excluding hydrogens is 392 g/mol. The van der Waals surface area contributed by atoms with Crippen LogP contribution >= 0.6 is 38.6 Å². The van der Waals surface area contributed by atoms with Crippen LogP contribution in [0.15, 0.2) is 46.3 Å². The molecule has 3 rings (SSSR count). The van der Waals surface area contributed by atoms with Crippen molar-refractivity contribution in [3.63, 3.8) is 0 Å². The van der Waals surface area contributed by atoms with Crippen molar-refractivity contribution in [2.24, 2.45) is 0 Å². The van der Waals surface area contributed by atoms with Gasteiger partial charge in [-0.3, -0.25) is 4.79 Å². The third kappa shape index (κ3) is 3.71. The van der Waals surface area contributed by atoms with Gasteiger partial charge in [-0.2, -0.15) is 0 Å². The Balaban J connectivity index is 1.74. The number of rotatable bonds is 4. The molecule has 118 valence electrons. The van der Waals surface area contributed by atoms with Crippen molar-refractivity contribution in [3.8, 4) is 0 Å². The fourth-order valence-corrected chi connectivity index (χ4v) is 4.50. The van der Waals surface area contributed by atoms with Gasteiger partial charge in [-0.15, -0.1) is 22.7 Å². The first-order chi connectivity index (χ1) is 11.0. The summed E-state index contributed by atoms with van der Waals surface area (Å²) in [6, 6.07) is 11.9. The van der Waals surface area contributed by atoms with Gasteiger partial charge in [0.2, 0.25) is 5.91 Å². The highest BCUT2D eigenvalue weighted by Crippen LogP contribution is 2.29. The Morgan fingerprint density at radius 2 is 2.04 bits per heavy atom. The van der Waals surface area contributed by atoms with Gasteiger partial charge in [-0.25, -0.2) is 4.98 Å². The lowest BCUT2D eigenvalue weighted by Crippen LogP contribution is -2.27. The molecule has 0 aliphatic carbocycles. The maximum atomic E-state index is 12.4. The first-order valence-electron chi connectivity index (χ1n) is 7.10. The van der Waals surface area contributed by atoms with E-state index >= 15 is 0 Å². The Kier molecular flexibility index (Phi) is 4.94. The molecule has 0 unspecified atom stereocenters. The van der Waals surface area contributed by atoms with Crippen molar-refractivity contribution in [1.29, 1.82) is 0 Å². The van der Waals surface area contributed by atoms with E-state index in [9.17, 15) is 4.79 Å². The summed E-state index contributed by atoms with van der Waals surface area (Å²) in [6.45, 7) is 2.01. The highest BCUT2D eigenvalue weighted by atomic mass is 79.9. The third-order valence-electron chi connectivity index (χ3n) is 3.58. The minimum Gasteiger partial charge on any atom is -0.333 e. The van der Waals surface area contributed by atoms with E-state index in [4.69, 9.17) is 0 Å². The number of hydrogen-bond donors (Lipinski definition) is 0. The molecule has 0 saturated heterocycles. The van der Waals surface area contributed by atoms with E-state index in [2.05, 4.69) is 27.0 Å². The predicted octanol–water partition coefficient (Wildman–Crippen LogP) is 5.35. The van der Waals surface area contributed by atoms with Crippen LogP contribution in [0.1, 0.15) is 22.9 Å². The standard InChI is InChI=1S/C17H15BrN2OS2/c1-11(17-19-13-5-3-4-6-14(13)23-17)20(2)16(21)10-8-12-7-9-15(18)22-12/h3-11H,1-2H3/b10-8+/t11-/m0/s1. The number of hydrogen-bond acceptors (Lipinski definition) is 4. The zero-order valence-electron chi connectivity index (χ0n) is 12.7. The minimum absolute atomic E-state index is 0.0266. The molecule has 0 bridgehead atoms. The monoisotopic (exact) mass is 406 g/mol. The van der Waals surface area contributed by atoms with E-state index < -0.39 is 0 Å². The number of thiazole rings is 1. The van der Waals surface area contributed by atoms with E-state index in [1.807, 2.05) is 50.4 Å². The Morgan fingerprint density at radius 3 is 2.74 bits per heavy atom. The smallest absolute Gasteiger partial charge is 0.246 e. The molecule has 6 heteroatoms. The number of carbonyl (C=O) groups excluding carboxylic acids is 1. The number of benzene rings is 1. The molecule has 0 fully saturated rings. The summed E-state index contributed by atoms with van der Waals surface area (Å²) in [6.07, 6.45) is 3.46. The molecule has 1 aromatic carbocycles. The van der Waals surface area contributed by atoms with Gasteiger partial charge in [0, 0.05) is 18.0 Å². The number of thiophene rings is 1. The molecule has 0 spiro atoms. The Bertz CT molecular complexity index is 835. The Hall–Kier alpha value is -1.50. The first-order valence-corrected chi connectivity index (χ1v) is 9.53. The van der Waals surface area contributed by atoms with E-state index in [1.54, 1.807) is 33.6 Å². The summed E-state index contributed by atoms with van der Waals surface area (Å²) in [4.78, 5) is 19.8. The van der Waals surface area contributed by atoms with Crippen LogP contribution < -0.4 is 0 Å². The predicted molar refractivity (Wildman–Crippen MR) is 102 cm³/mol. The number of fused-ring (bicyclic) bond motifs is 1. The van der Waals surface area contributed by atoms with Crippen LogP contribution in [-0.2, 0) is 4.79 Å². The van der Waals surface area contributed by atoms with Gasteiger partial charge in [0.25, 0.3) is 0 Å². The summed E-state index contributed by atoms with van der Waals surface area (Å²) < 4.78 is 2.20. The number of carbonyl (C=O) groups is 1. The molecule has 0 saturated carbocycles. The Morgan fingerprint density at radius 1 is 1.26 bits per heavy atom. The molecule has 3 nitrogen and oxygen atoms in total. The molecule has 0 radical (unpaired) electrons. The van der Waals surface area contributed by atoms with Gasteiger partial charge in [0.1, 0.15) is 5.01 Å². The zero-order valence-corrected chi connectivity index (χ0v) is 15.9. The van der Waals surface area contributed by atoms with Crippen LogP contribution in [0.2, 0.25) is 0 Å². The van der Waals surface area contributed by atoms with Crippen LogP contribution in [0.25, 0.3) is 16.3 Å². The van der Waals surface area contributed by atoms with E-state index in [1.165, 1.54) is 0 Å². The van der Waals surface area contributed by atoms with E-state index in [-0.39, 0.29) is 11.9 Å². The molecule has 3 aromatic rings. The normalized spacial score (nSPS) is 12.8. The lowest BCUT2D eigenvalue weighted by atomic mass is 10.3. The van der Waals surface area contributed by atoms with Crippen LogP contribution in [0.3, 0.4) is 0 Å². The summed E-state index contributed by atoms with van der Waals surface area (Å²) >= 11 is 6.65. The quantitative estimate of drug-likeness (QED) is 0.546. The SMILES string of the molecule is C[C@@H](c1nc2ccccc2s1)N(C)C(=O)/C=C/c1ccc(Br)s1. The van der Waals surface area contributed by atoms with E-state index in [0.29, 0.717) is 0 Å². The molecule has 0 aliphatic heterocycles. The molecule has 0 N–H and O–H groups in total. The van der Waals surface area contributed by atoms with Gasteiger partial charge >= 0.3 is 0 Å². The fourth-order valence-electron chi connectivity index (χ4n) is 2.11. The van der Waals surface area contributed by atoms with Crippen molar-refractivity contribution in [1.82, 2.24) is 9.88 Å². The third-order valence-corrected chi connectivity index (χ3v) is 6.38. The first kappa shape index (κ1) is 16.4. The fraction of sp³-hybridized carbons (Fsp3) is 0.176. The van der Waals surface area contributed by atoms with Crippen molar-refractivity contribution < 1.29 is 4.79 Å². The second-order valence-corrected chi connectivity index (χ2v) is 8.68. The average Bonchev–Trinajstić information content (AvgIpc) is 3.16. The van der Waals surface area contributed by atoms with Crippen molar-refractivity contribution in [3.05, 3.63) is 56.1 Å². The Labute approximate surface area is 151 Å². The van der Waals surface area contributed by atoms with Crippen LogP contribution in [0, 0.1) is 0 Å². The second kappa shape index (κ2) is 6.95. The van der Waals surface area contributed by atoms with Crippen LogP contribution in [0.4, 0.5) is 0 Å². The molecule has 0 aliphatic rings. The largest absolute Gasteiger partial charge is 0.333 e. The zero-order chi connectivity index (χ0) is 16.4.